The lowest BCUT2D eigenvalue weighted by Gasteiger charge is -2.34. The minimum absolute atomic E-state index is 0.366. The van der Waals surface area contributed by atoms with Crippen molar-refractivity contribution in [1.29, 1.82) is 0 Å². The zero-order chi connectivity index (χ0) is 8.48. The molecule has 2 unspecified atom stereocenters. The van der Waals surface area contributed by atoms with Crippen molar-refractivity contribution in [3.63, 3.8) is 0 Å². The Balaban J connectivity index is 2.39. The van der Waals surface area contributed by atoms with Gasteiger partial charge in [0.25, 0.3) is 0 Å². The molecule has 0 saturated carbocycles. The predicted octanol–water partition coefficient (Wildman–Crippen LogP) is 3.34. The second-order valence-corrected chi connectivity index (χ2v) is 7.94. The van der Waals surface area contributed by atoms with Gasteiger partial charge in [0.1, 0.15) is 0 Å². The van der Waals surface area contributed by atoms with Gasteiger partial charge in [0.15, 0.2) is 0 Å². The number of hydrogen-bond acceptors (Lipinski definition) is 4. The van der Waals surface area contributed by atoms with Gasteiger partial charge in [0.05, 0.1) is 9.96 Å². The Morgan fingerprint density at radius 2 is 1.82 bits per heavy atom. The second kappa shape index (κ2) is 3.81. The molecule has 1 aliphatic rings. The van der Waals surface area contributed by atoms with Crippen LogP contribution < -0.4 is 4.72 Å². The monoisotopic (exact) mass is 209 g/mol. The highest BCUT2D eigenvalue weighted by molar-refractivity contribution is 8.79. The van der Waals surface area contributed by atoms with E-state index >= 15 is 0 Å². The normalized spacial score (nSPS) is 33.8. The van der Waals surface area contributed by atoms with Crippen molar-refractivity contribution in [2.75, 3.05) is 0 Å². The highest BCUT2D eigenvalue weighted by Gasteiger charge is 2.29. The summed E-state index contributed by atoms with van der Waals surface area (Å²) in [6.07, 6.45) is 0. The van der Waals surface area contributed by atoms with Crippen molar-refractivity contribution in [3.8, 4) is 0 Å². The van der Waals surface area contributed by atoms with E-state index in [2.05, 4.69) is 32.4 Å². The molecule has 66 valence electrons. The third-order valence-electron chi connectivity index (χ3n) is 1.41. The minimum atomic E-state index is 0.366. The Hall–Kier alpha value is 1.01. The fourth-order valence-corrected chi connectivity index (χ4v) is 5.31. The minimum Gasteiger partial charge on any atom is -0.249 e. The Labute approximate surface area is 81.4 Å². The molecule has 1 rings (SSSR count). The van der Waals surface area contributed by atoms with Gasteiger partial charge in [0.2, 0.25) is 0 Å². The zero-order valence-corrected chi connectivity index (χ0v) is 9.83. The first kappa shape index (κ1) is 10.1. The summed E-state index contributed by atoms with van der Waals surface area (Å²) in [4.78, 5) is 0. The molecular weight excluding hydrogens is 194 g/mol. The Morgan fingerprint density at radius 1 is 1.18 bits per heavy atom. The van der Waals surface area contributed by atoms with Gasteiger partial charge >= 0.3 is 0 Å². The van der Waals surface area contributed by atoms with Crippen LogP contribution in [0, 0.1) is 5.41 Å². The first-order valence-electron chi connectivity index (χ1n) is 3.73. The van der Waals surface area contributed by atoms with E-state index < -0.39 is 0 Å². The van der Waals surface area contributed by atoms with E-state index in [0.29, 0.717) is 15.4 Å². The van der Waals surface area contributed by atoms with Gasteiger partial charge < -0.3 is 0 Å². The van der Waals surface area contributed by atoms with Crippen LogP contribution >= 0.6 is 33.5 Å². The van der Waals surface area contributed by atoms with Crippen molar-refractivity contribution in [3.05, 3.63) is 0 Å². The van der Waals surface area contributed by atoms with Crippen LogP contribution in [0.1, 0.15) is 27.7 Å². The maximum absolute atomic E-state index is 3.47. The van der Waals surface area contributed by atoms with Gasteiger partial charge in [-0.05, 0) is 12.3 Å². The average Bonchev–Trinajstić information content (AvgIpc) is 1.86. The lowest BCUT2D eigenvalue weighted by Crippen LogP contribution is -2.35. The van der Waals surface area contributed by atoms with Crippen LogP contribution in [0.15, 0.2) is 0 Å². The van der Waals surface area contributed by atoms with Crippen LogP contribution in [0.3, 0.4) is 0 Å². The molecule has 0 radical (unpaired) electrons. The van der Waals surface area contributed by atoms with E-state index in [9.17, 15) is 0 Å². The summed E-state index contributed by atoms with van der Waals surface area (Å²) in [5, 5.41) is 0.577. The van der Waals surface area contributed by atoms with Crippen LogP contribution in [0.25, 0.3) is 0 Å². The first-order valence-corrected chi connectivity index (χ1v) is 6.89. The van der Waals surface area contributed by atoms with E-state index in [1.54, 1.807) is 0 Å². The van der Waals surface area contributed by atoms with Gasteiger partial charge in [-0.15, -0.1) is 0 Å². The molecule has 1 saturated heterocycles. The van der Waals surface area contributed by atoms with Gasteiger partial charge in [0, 0.05) is 0 Å². The summed E-state index contributed by atoms with van der Waals surface area (Å²) >= 11 is 1.85. The molecule has 1 fully saturated rings. The summed E-state index contributed by atoms with van der Waals surface area (Å²) in [7, 11) is 3.93. The third kappa shape index (κ3) is 3.09. The number of hydrogen-bond donors (Lipinski definition) is 1. The molecule has 0 aromatic rings. The first-order chi connectivity index (χ1) is 5.00. The molecule has 11 heavy (non-hydrogen) atoms. The molecule has 0 aliphatic carbocycles. The Kier molecular flexibility index (Phi) is 3.50. The smallest absolute Gasteiger partial charge is 0.0779 e. The maximum atomic E-state index is 3.47. The second-order valence-electron chi connectivity index (χ2n) is 3.74. The molecular formula is C7H15NS3. The quantitative estimate of drug-likeness (QED) is 0.485. The lowest BCUT2D eigenvalue weighted by molar-refractivity contribution is 0.388. The van der Waals surface area contributed by atoms with E-state index in [4.69, 9.17) is 0 Å². The van der Waals surface area contributed by atoms with Crippen LogP contribution in [0.2, 0.25) is 0 Å². The molecule has 1 heterocycles. The predicted molar refractivity (Wildman–Crippen MR) is 58.6 cm³/mol. The van der Waals surface area contributed by atoms with Crippen molar-refractivity contribution >= 4 is 33.5 Å². The number of nitrogens with one attached hydrogen (secondary N) is 1. The van der Waals surface area contributed by atoms with E-state index in [-0.39, 0.29) is 0 Å². The van der Waals surface area contributed by atoms with E-state index in [0.717, 1.165) is 0 Å². The highest BCUT2D eigenvalue weighted by atomic mass is 33.1. The lowest BCUT2D eigenvalue weighted by atomic mass is 9.97. The van der Waals surface area contributed by atoms with Crippen molar-refractivity contribution in [1.82, 2.24) is 4.72 Å². The molecule has 0 aromatic carbocycles. The summed E-state index contributed by atoms with van der Waals surface area (Å²) < 4.78 is 4.15. The SMILES string of the molecule is CC1SNC(C(C)(C)C)SS1. The van der Waals surface area contributed by atoms with Gasteiger partial charge in [-0.2, -0.15) is 0 Å². The number of rotatable bonds is 0. The summed E-state index contributed by atoms with van der Waals surface area (Å²) in [5.74, 6) is 0. The molecule has 0 bridgehead atoms. The Morgan fingerprint density at radius 3 is 2.18 bits per heavy atom. The fourth-order valence-electron chi connectivity index (χ4n) is 0.652. The summed E-state index contributed by atoms with van der Waals surface area (Å²) in [5.41, 5.74) is 0.366. The third-order valence-corrected chi connectivity index (χ3v) is 6.39. The topological polar surface area (TPSA) is 12.0 Å². The fraction of sp³-hybridized carbons (Fsp3) is 1.00. The highest BCUT2D eigenvalue weighted by Crippen LogP contribution is 2.45. The average molecular weight is 209 g/mol. The van der Waals surface area contributed by atoms with E-state index in [1.165, 1.54) is 0 Å². The summed E-state index contributed by atoms with van der Waals surface area (Å²) in [6.45, 7) is 9.05. The van der Waals surface area contributed by atoms with Crippen LogP contribution in [0.4, 0.5) is 0 Å². The van der Waals surface area contributed by atoms with Gasteiger partial charge in [-0.3, -0.25) is 0 Å². The molecule has 4 heteroatoms. The molecule has 2 atom stereocenters. The molecule has 0 amide bonds. The van der Waals surface area contributed by atoms with Crippen molar-refractivity contribution in [2.45, 2.75) is 37.7 Å². The van der Waals surface area contributed by atoms with Crippen molar-refractivity contribution < 1.29 is 0 Å². The van der Waals surface area contributed by atoms with Crippen LogP contribution in [0.5, 0.6) is 0 Å². The van der Waals surface area contributed by atoms with Crippen molar-refractivity contribution in [2.24, 2.45) is 5.41 Å². The standard InChI is InChI=1S/C7H15NS3/c1-5-9-8-6(11-10-5)7(2,3)4/h5-6,8H,1-4H3. The zero-order valence-electron chi connectivity index (χ0n) is 7.38. The molecule has 1 aliphatic heterocycles. The molecule has 1 N–H and O–H groups in total. The summed E-state index contributed by atoms with van der Waals surface area (Å²) in [6, 6.07) is 0. The van der Waals surface area contributed by atoms with Crippen LogP contribution in [-0.4, -0.2) is 9.96 Å². The molecule has 1 nitrogen and oxygen atoms in total. The van der Waals surface area contributed by atoms with E-state index in [1.807, 2.05) is 33.5 Å². The molecule has 0 aromatic heterocycles. The largest absolute Gasteiger partial charge is 0.249 e. The van der Waals surface area contributed by atoms with Gasteiger partial charge in [-0.25, -0.2) is 4.72 Å². The Bertz CT molecular complexity index is 124. The molecule has 0 spiro atoms. The van der Waals surface area contributed by atoms with Crippen LogP contribution in [-0.2, 0) is 0 Å². The maximum Gasteiger partial charge on any atom is 0.0779 e. The van der Waals surface area contributed by atoms with Gasteiger partial charge in [-0.1, -0.05) is 54.3 Å².